The SMILES string of the molecule is Cc1cc(SCC#Cc2ccc(C(F)(F)F)cc2)ccc1OCC(=O)OC(C)(C)C. The maximum absolute atomic E-state index is 12.6. The van der Waals surface area contributed by atoms with Crippen LogP contribution < -0.4 is 4.74 Å². The molecule has 0 fully saturated rings. The van der Waals surface area contributed by atoms with Crippen molar-refractivity contribution in [1.29, 1.82) is 0 Å². The standard InChI is InChI=1S/C23H23F3O3S/c1-16-14-19(11-12-20(16)28-15-21(27)29-22(2,3)4)30-13-5-6-17-7-9-18(10-8-17)23(24,25)26/h7-12,14H,13,15H2,1-4H3. The van der Waals surface area contributed by atoms with Gasteiger partial charge in [-0.25, -0.2) is 4.79 Å². The lowest BCUT2D eigenvalue weighted by molar-refractivity contribution is -0.157. The van der Waals surface area contributed by atoms with E-state index in [1.54, 1.807) is 26.8 Å². The monoisotopic (exact) mass is 436 g/mol. The molecule has 0 heterocycles. The number of aryl methyl sites for hydroxylation is 1. The summed E-state index contributed by atoms with van der Waals surface area (Å²) < 4.78 is 48.4. The molecule has 0 aromatic heterocycles. The zero-order valence-electron chi connectivity index (χ0n) is 17.2. The van der Waals surface area contributed by atoms with Crippen LogP contribution >= 0.6 is 11.8 Å². The largest absolute Gasteiger partial charge is 0.482 e. The Morgan fingerprint density at radius 2 is 1.73 bits per heavy atom. The Hall–Kier alpha value is -2.59. The van der Waals surface area contributed by atoms with Gasteiger partial charge in [0.2, 0.25) is 0 Å². The zero-order chi connectivity index (χ0) is 22.4. The van der Waals surface area contributed by atoms with Crippen LogP contribution in [0.1, 0.15) is 37.5 Å². The van der Waals surface area contributed by atoms with Gasteiger partial charge in [-0.1, -0.05) is 11.8 Å². The van der Waals surface area contributed by atoms with E-state index in [-0.39, 0.29) is 6.61 Å². The van der Waals surface area contributed by atoms with Gasteiger partial charge in [-0.05, 0) is 75.7 Å². The van der Waals surface area contributed by atoms with Crippen LogP contribution in [0.15, 0.2) is 47.4 Å². The van der Waals surface area contributed by atoms with E-state index >= 15 is 0 Å². The molecule has 0 aliphatic rings. The number of esters is 1. The van der Waals surface area contributed by atoms with E-state index in [9.17, 15) is 18.0 Å². The number of carbonyl (C=O) groups is 1. The van der Waals surface area contributed by atoms with Gasteiger partial charge in [0.1, 0.15) is 11.4 Å². The lowest BCUT2D eigenvalue weighted by Crippen LogP contribution is -2.27. The Balaban J connectivity index is 1.87. The highest BCUT2D eigenvalue weighted by Crippen LogP contribution is 2.29. The van der Waals surface area contributed by atoms with Gasteiger partial charge in [0.25, 0.3) is 0 Å². The van der Waals surface area contributed by atoms with Crippen molar-refractivity contribution in [3.63, 3.8) is 0 Å². The van der Waals surface area contributed by atoms with Crippen molar-refractivity contribution in [1.82, 2.24) is 0 Å². The number of rotatable bonds is 5. The van der Waals surface area contributed by atoms with Gasteiger partial charge in [-0.15, -0.1) is 11.8 Å². The summed E-state index contributed by atoms with van der Waals surface area (Å²) in [7, 11) is 0. The smallest absolute Gasteiger partial charge is 0.416 e. The third-order valence-electron chi connectivity index (χ3n) is 3.67. The molecule has 2 aromatic carbocycles. The van der Waals surface area contributed by atoms with Gasteiger partial charge in [-0.3, -0.25) is 0 Å². The first-order valence-electron chi connectivity index (χ1n) is 9.18. The van der Waals surface area contributed by atoms with E-state index in [2.05, 4.69) is 11.8 Å². The second-order valence-electron chi connectivity index (χ2n) is 7.47. The van der Waals surface area contributed by atoms with Crippen LogP contribution in [0.25, 0.3) is 0 Å². The number of hydrogen-bond acceptors (Lipinski definition) is 4. The summed E-state index contributed by atoms with van der Waals surface area (Å²) in [5.41, 5.74) is 0.161. The van der Waals surface area contributed by atoms with E-state index < -0.39 is 23.3 Å². The van der Waals surface area contributed by atoms with E-state index in [1.165, 1.54) is 23.9 Å². The molecule has 0 saturated carbocycles. The molecular weight excluding hydrogens is 413 g/mol. The second kappa shape index (κ2) is 9.94. The molecule has 0 aliphatic heterocycles. The third kappa shape index (κ3) is 8.03. The van der Waals surface area contributed by atoms with Gasteiger partial charge in [-0.2, -0.15) is 13.2 Å². The predicted octanol–water partition coefficient (Wildman–Crippen LogP) is 5.88. The Morgan fingerprint density at radius 1 is 1.07 bits per heavy atom. The number of halogens is 3. The highest BCUT2D eigenvalue weighted by molar-refractivity contribution is 7.99. The third-order valence-corrected chi connectivity index (χ3v) is 4.54. The second-order valence-corrected chi connectivity index (χ2v) is 8.52. The van der Waals surface area contributed by atoms with Crippen molar-refractivity contribution in [2.24, 2.45) is 0 Å². The number of ether oxygens (including phenoxy) is 2. The number of benzene rings is 2. The molecule has 0 N–H and O–H groups in total. The molecule has 0 spiro atoms. The van der Waals surface area contributed by atoms with E-state index in [0.717, 1.165) is 22.6 Å². The highest BCUT2D eigenvalue weighted by atomic mass is 32.2. The molecule has 0 aliphatic carbocycles. The first kappa shape index (κ1) is 23.7. The molecule has 7 heteroatoms. The van der Waals surface area contributed by atoms with Crippen LogP contribution in [-0.4, -0.2) is 23.9 Å². The molecule has 30 heavy (non-hydrogen) atoms. The van der Waals surface area contributed by atoms with Crippen molar-refractivity contribution < 1.29 is 27.4 Å². The van der Waals surface area contributed by atoms with Gasteiger partial charge in [0.15, 0.2) is 6.61 Å². The zero-order valence-corrected chi connectivity index (χ0v) is 18.0. The molecular formula is C23H23F3O3S. The normalized spacial score (nSPS) is 11.4. The fourth-order valence-electron chi connectivity index (χ4n) is 2.38. The average Bonchev–Trinajstić information content (AvgIpc) is 2.63. The molecule has 0 radical (unpaired) electrons. The van der Waals surface area contributed by atoms with Gasteiger partial charge in [0, 0.05) is 10.5 Å². The first-order chi connectivity index (χ1) is 13.9. The number of carbonyl (C=O) groups excluding carboxylic acids is 1. The predicted molar refractivity (Wildman–Crippen MR) is 112 cm³/mol. The maximum Gasteiger partial charge on any atom is 0.416 e. The van der Waals surface area contributed by atoms with E-state index in [4.69, 9.17) is 9.47 Å². The van der Waals surface area contributed by atoms with Crippen molar-refractivity contribution in [3.05, 3.63) is 59.2 Å². The summed E-state index contributed by atoms with van der Waals surface area (Å²) in [5.74, 6) is 6.45. The summed E-state index contributed by atoms with van der Waals surface area (Å²) in [6.45, 7) is 7.10. The lowest BCUT2D eigenvalue weighted by Gasteiger charge is -2.19. The molecule has 0 saturated heterocycles. The van der Waals surface area contributed by atoms with Gasteiger partial charge < -0.3 is 9.47 Å². The summed E-state index contributed by atoms with van der Waals surface area (Å²) in [6, 6.07) is 10.3. The quantitative estimate of drug-likeness (QED) is 0.333. The fraction of sp³-hybridized carbons (Fsp3) is 0.348. The number of alkyl halides is 3. The lowest BCUT2D eigenvalue weighted by atomic mass is 10.1. The van der Waals surface area contributed by atoms with Crippen molar-refractivity contribution in [2.45, 2.75) is 44.4 Å². The van der Waals surface area contributed by atoms with Crippen LogP contribution in [0, 0.1) is 18.8 Å². The Bertz CT molecular complexity index is 933. The topological polar surface area (TPSA) is 35.5 Å². The van der Waals surface area contributed by atoms with Crippen LogP contribution in [0.5, 0.6) is 5.75 Å². The molecule has 3 nitrogen and oxygen atoms in total. The van der Waals surface area contributed by atoms with Crippen molar-refractivity contribution in [2.75, 3.05) is 12.4 Å². The van der Waals surface area contributed by atoms with Crippen LogP contribution in [-0.2, 0) is 15.7 Å². The minimum absolute atomic E-state index is 0.163. The molecule has 160 valence electrons. The fourth-order valence-corrected chi connectivity index (χ4v) is 3.12. The average molecular weight is 436 g/mol. The first-order valence-corrected chi connectivity index (χ1v) is 10.2. The van der Waals surface area contributed by atoms with Crippen LogP contribution in [0.4, 0.5) is 13.2 Å². The Labute approximate surface area is 179 Å². The molecule has 0 unspecified atom stereocenters. The summed E-state index contributed by atoms with van der Waals surface area (Å²) in [4.78, 5) is 12.7. The van der Waals surface area contributed by atoms with Gasteiger partial charge >= 0.3 is 12.1 Å². The number of thioether (sulfide) groups is 1. The minimum atomic E-state index is -4.34. The van der Waals surface area contributed by atoms with Gasteiger partial charge in [0.05, 0.1) is 11.3 Å². The van der Waals surface area contributed by atoms with E-state index in [0.29, 0.717) is 17.1 Å². The van der Waals surface area contributed by atoms with Crippen molar-refractivity contribution in [3.8, 4) is 17.6 Å². The molecule has 0 atom stereocenters. The highest BCUT2D eigenvalue weighted by Gasteiger charge is 2.29. The number of hydrogen-bond donors (Lipinski definition) is 0. The van der Waals surface area contributed by atoms with Crippen LogP contribution in [0.3, 0.4) is 0 Å². The van der Waals surface area contributed by atoms with Crippen LogP contribution in [0.2, 0.25) is 0 Å². The molecule has 0 amide bonds. The van der Waals surface area contributed by atoms with E-state index in [1.807, 2.05) is 19.1 Å². The Morgan fingerprint density at radius 3 is 2.30 bits per heavy atom. The summed E-state index contributed by atoms with van der Waals surface area (Å²) in [6.07, 6.45) is -4.34. The summed E-state index contributed by atoms with van der Waals surface area (Å²) in [5, 5.41) is 0. The van der Waals surface area contributed by atoms with Crippen molar-refractivity contribution >= 4 is 17.7 Å². The summed E-state index contributed by atoms with van der Waals surface area (Å²) >= 11 is 1.50. The molecule has 2 rings (SSSR count). The minimum Gasteiger partial charge on any atom is -0.482 e. The maximum atomic E-state index is 12.6. The molecule has 0 bridgehead atoms. The Kier molecular flexibility index (Phi) is 7.85. The molecule has 2 aromatic rings.